The second-order valence-corrected chi connectivity index (χ2v) is 6.69. The van der Waals surface area contributed by atoms with Gasteiger partial charge in [-0.1, -0.05) is 91.0 Å². The number of amides is 2. The first-order valence-corrected chi connectivity index (χ1v) is 9.56. The van der Waals surface area contributed by atoms with Crippen molar-refractivity contribution in [3.63, 3.8) is 0 Å². The average Bonchev–Trinajstić information content (AvgIpc) is 2.79. The van der Waals surface area contributed by atoms with E-state index in [-0.39, 0.29) is 12.4 Å². The van der Waals surface area contributed by atoms with Gasteiger partial charge in [0.2, 0.25) is 0 Å². The van der Waals surface area contributed by atoms with Crippen molar-refractivity contribution < 1.29 is 14.4 Å². The fourth-order valence-corrected chi connectivity index (χ4v) is 3.38. The third-order valence-electron chi connectivity index (χ3n) is 4.79. The highest BCUT2D eigenvalue weighted by Crippen LogP contribution is 2.28. The van der Waals surface area contributed by atoms with E-state index < -0.39 is 6.03 Å². The van der Waals surface area contributed by atoms with E-state index in [1.54, 1.807) is 4.90 Å². The molecule has 0 aromatic heterocycles. The average molecular weight is 388 g/mol. The van der Waals surface area contributed by atoms with Crippen LogP contribution in [0.15, 0.2) is 91.0 Å². The summed E-state index contributed by atoms with van der Waals surface area (Å²) in [6.45, 7) is 1.12. The molecule has 0 aliphatic rings. The third kappa shape index (κ3) is 5.94. The van der Waals surface area contributed by atoms with Crippen molar-refractivity contribution in [1.29, 1.82) is 0 Å². The molecule has 29 heavy (non-hydrogen) atoms. The Morgan fingerprint density at radius 1 is 0.862 bits per heavy atom. The first-order chi connectivity index (χ1) is 14.3. The van der Waals surface area contributed by atoms with Crippen LogP contribution >= 0.6 is 0 Å². The summed E-state index contributed by atoms with van der Waals surface area (Å²) in [4.78, 5) is 29.1. The zero-order valence-electron chi connectivity index (χ0n) is 16.1. The van der Waals surface area contributed by atoms with Gasteiger partial charge in [-0.15, -0.1) is 0 Å². The minimum atomic E-state index is -0.444. The lowest BCUT2D eigenvalue weighted by Gasteiger charge is -2.26. The van der Waals surface area contributed by atoms with E-state index >= 15 is 0 Å². The molecule has 5 heteroatoms. The van der Waals surface area contributed by atoms with Gasteiger partial charge >= 0.3 is 12.5 Å². The van der Waals surface area contributed by atoms with Crippen LogP contribution in [0.3, 0.4) is 0 Å². The van der Waals surface area contributed by atoms with Crippen LogP contribution < -0.4 is 5.48 Å². The minimum Gasteiger partial charge on any atom is -0.343 e. The van der Waals surface area contributed by atoms with Gasteiger partial charge in [0.25, 0.3) is 0 Å². The molecule has 0 aliphatic carbocycles. The van der Waals surface area contributed by atoms with E-state index in [9.17, 15) is 9.59 Å². The van der Waals surface area contributed by atoms with Gasteiger partial charge in [0.05, 0.1) is 0 Å². The van der Waals surface area contributed by atoms with Crippen molar-refractivity contribution >= 4 is 12.5 Å². The summed E-state index contributed by atoms with van der Waals surface area (Å²) in [5, 5.41) is 0. The Labute approximate surface area is 170 Å². The highest BCUT2D eigenvalue weighted by atomic mass is 16.7. The number of hydroxylamine groups is 1. The summed E-state index contributed by atoms with van der Waals surface area (Å²) < 4.78 is 0. The molecule has 5 nitrogen and oxygen atoms in total. The van der Waals surface area contributed by atoms with Crippen LogP contribution in [0.25, 0.3) is 0 Å². The van der Waals surface area contributed by atoms with E-state index in [0.717, 1.165) is 12.0 Å². The van der Waals surface area contributed by atoms with Crippen molar-refractivity contribution in [1.82, 2.24) is 10.4 Å². The predicted octanol–water partition coefficient (Wildman–Crippen LogP) is 4.51. The highest BCUT2D eigenvalue weighted by Gasteiger charge is 2.19. The highest BCUT2D eigenvalue weighted by molar-refractivity contribution is 5.73. The lowest BCUT2D eigenvalue weighted by molar-refractivity contribution is -0.133. The van der Waals surface area contributed by atoms with Gasteiger partial charge in [-0.05, 0) is 23.1 Å². The Bertz CT molecular complexity index is 846. The zero-order chi connectivity index (χ0) is 20.3. The third-order valence-corrected chi connectivity index (χ3v) is 4.79. The Morgan fingerprint density at radius 2 is 1.38 bits per heavy atom. The molecule has 0 fully saturated rings. The maximum Gasteiger partial charge on any atom is 0.350 e. The van der Waals surface area contributed by atoms with E-state index in [4.69, 9.17) is 0 Å². The molecule has 3 aromatic carbocycles. The lowest BCUT2D eigenvalue weighted by atomic mass is 9.88. The van der Waals surface area contributed by atoms with Gasteiger partial charge in [-0.2, -0.15) is 5.48 Å². The number of nitrogens with one attached hydrogen (secondary N) is 1. The van der Waals surface area contributed by atoms with Crippen LogP contribution in [0.2, 0.25) is 0 Å². The maximum atomic E-state index is 12.5. The quantitative estimate of drug-likeness (QED) is 0.433. The molecule has 148 valence electrons. The molecule has 0 spiro atoms. The van der Waals surface area contributed by atoms with E-state index in [2.05, 4.69) is 34.6 Å². The van der Waals surface area contributed by atoms with Crippen LogP contribution in [-0.4, -0.2) is 23.9 Å². The van der Waals surface area contributed by atoms with Gasteiger partial charge in [0.1, 0.15) is 0 Å². The molecule has 0 aliphatic heterocycles. The molecule has 3 rings (SSSR count). The number of carbonyl (C=O) groups excluding carboxylic acids is 2. The molecule has 1 N–H and O–H groups in total. The summed E-state index contributed by atoms with van der Waals surface area (Å²) in [6, 6.07) is 29.8. The number of hydrogen-bond acceptors (Lipinski definition) is 3. The largest absolute Gasteiger partial charge is 0.350 e. The summed E-state index contributed by atoms with van der Waals surface area (Å²) >= 11 is 0. The predicted molar refractivity (Wildman–Crippen MR) is 112 cm³/mol. The standard InChI is InChI=1S/C24H24N2O3/c27-19-29-25-24(28)26(18-20-10-4-1-5-11-20)17-16-23(21-12-6-2-7-13-21)22-14-8-3-9-15-22/h1-15,19,23H,16-18H2,(H,25,28). The normalized spacial score (nSPS) is 10.4. The van der Waals surface area contributed by atoms with Crippen molar-refractivity contribution in [2.45, 2.75) is 18.9 Å². The van der Waals surface area contributed by atoms with Crippen molar-refractivity contribution in [3.05, 3.63) is 108 Å². The van der Waals surface area contributed by atoms with Crippen molar-refractivity contribution in [2.24, 2.45) is 0 Å². The van der Waals surface area contributed by atoms with Crippen molar-refractivity contribution in [2.75, 3.05) is 6.54 Å². The summed E-state index contributed by atoms with van der Waals surface area (Å²) in [5.41, 5.74) is 5.57. The molecule has 0 atom stereocenters. The van der Waals surface area contributed by atoms with Gasteiger partial charge in [0.15, 0.2) is 0 Å². The Balaban J connectivity index is 1.78. The van der Waals surface area contributed by atoms with Gasteiger partial charge in [-0.25, -0.2) is 4.79 Å². The Kier molecular flexibility index (Phi) is 7.41. The fraction of sp³-hybridized carbons (Fsp3) is 0.167. The molecule has 0 unspecified atom stereocenters. The summed E-state index contributed by atoms with van der Waals surface area (Å²) in [6.07, 6.45) is 0.732. The topological polar surface area (TPSA) is 58.6 Å². The van der Waals surface area contributed by atoms with Crippen LogP contribution in [0.5, 0.6) is 0 Å². The molecular formula is C24H24N2O3. The lowest BCUT2D eigenvalue weighted by Crippen LogP contribution is -2.40. The maximum absolute atomic E-state index is 12.5. The zero-order valence-corrected chi connectivity index (χ0v) is 16.1. The molecule has 0 heterocycles. The summed E-state index contributed by atoms with van der Waals surface area (Å²) in [5.74, 6) is 0.149. The minimum absolute atomic E-state index is 0.149. The molecule has 0 radical (unpaired) electrons. The first-order valence-electron chi connectivity index (χ1n) is 9.56. The number of nitrogens with zero attached hydrogens (tertiary/aromatic N) is 1. The number of carbonyl (C=O) groups is 2. The smallest absolute Gasteiger partial charge is 0.343 e. The molecular weight excluding hydrogens is 364 g/mol. The van der Waals surface area contributed by atoms with E-state index in [1.165, 1.54) is 11.1 Å². The Hall–Kier alpha value is -3.60. The number of rotatable bonds is 9. The van der Waals surface area contributed by atoms with E-state index in [1.807, 2.05) is 66.7 Å². The molecule has 0 saturated heterocycles. The number of hydrogen-bond donors (Lipinski definition) is 1. The molecule has 0 saturated carbocycles. The first kappa shape index (κ1) is 20.1. The SMILES string of the molecule is O=CONC(=O)N(CCC(c1ccccc1)c1ccccc1)Cc1ccccc1. The second kappa shape index (κ2) is 10.7. The van der Waals surface area contributed by atoms with Gasteiger partial charge in [-0.3, -0.25) is 4.79 Å². The summed E-state index contributed by atoms with van der Waals surface area (Å²) in [7, 11) is 0. The van der Waals surface area contributed by atoms with Gasteiger partial charge in [0, 0.05) is 19.0 Å². The number of urea groups is 1. The molecule has 0 bridgehead atoms. The monoisotopic (exact) mass is 388 g/mol. The number of benzene rings is 3. The Morgan fingerprint density at radius 3 is 1.90 bits per heavy atom. The van der Waals surface area contributed by atoms with Crippen molar-refractivity contribution in [3.8, 4) is 0 Å². The second-order valence-electron chi connectivity index (χ2n) is 6.69. The van der Waals surface area contributed by atoms with Crippen LogP contribution in [-0.2, 0) is 16.2 Å². The van der Waals surface area contributed by atoms with Crippen LogP contribution in [0.1, 0.15) is 29.0 Å². The van der Waals surface area contributed by atoms with Crippen LogP contribution in [0, 0.1) is 0 Å². The van der Waals surface area contributed by atoms with Crippen LogP contribution in [0.4, 0.5) is 4.79 Å². The molecule has 2 amide bonds. The fourth-order valence-electron chi connectivity index (χ4n) is 3.38. The van der Waals surface area contributed by atoms with Gasteiger partial charge < -0.3 is 9.74 Å². The van der Waals surface area contributed by atoms with E-state index in [0.29, 0.717) is 13.1 Å². The molecule has 3 aromatic rings.